The van der Waals surface area contributed by atoms with Gasteiger partial charge in [-0.1, -0.05) is 29.8 Å². The summed E-state index contributed by atoms with van der Waals surface area (Å²) in [6, 6.07) is 5.35. The second-order valence-corrected chi connectivity index (χ2v) is 4.79. The van der Waals surface area contributed by atoms with Crippen LogP contribution in [0.3, 0.4) is 0 Å². The minimum Gasteiger partial charge on any atom is -0.466 e. The Morgan fingerprint density at radius 1 is 1.14 bits per heavy atom. The molecular weight excluding hydrogens is 272 g/mol. The number of benzene rings is 1. The number of aryl methyl sites for hydroxylation is 1. The zero-order valence-electron chi connectivity index (χ0n) is 12.0. The number of nitrogens with one attached hydrogen (secondary N) is 2. The maximum absolute atomic E-state index is 12.5. The van der Waals surface area contributed by atoms with Gasteiger partial charge in [-0.2, -0.15) is 0 Å². The summed E-state index contributed by atoms with van der Waals surface area (Å²) in [6.07, 6.45) is 0. The Morgan fingerprint density at radius 2 is 1.76 bits per heavy atom. The number of hydrogen-bond acceptors (Lipinski definition) is 4. The zero-order valence-corrected chi connectivity index (χ0v) is 12.0. The summed E-state index contributed by atoms with van der Waals surface area (Å²) in [5.74, 6) is -1.00. The Hall–Kier alpha value is -2.63. The molecule has 1 aliphatic rings. The zero-order chi connectivity index (χ0) is 15.6. The molecule has 1 heterocycles. The molecule has 1 aliphatic heterocycles. The van der Waals surface area contributed by atoms with Gasteiger partial charge >= 0.3 is 12.0 Å². The summed E-state index contributed by atoms with van der Waals surface area (Å²) in [5.41, 5.74) is 1.86. The number of ketones is 1. The lowest BCUT2D eigenvalue weighted by atomic mass is 9.94. The SMILES string of the molecule is COC(=O)C1=C(C)NC(=O)NC1C(=O)c1ccc(C)cc1. The smallest absolute Gasteiger partial charge is 0.338 e. The van der Waals surface area contributed by atoms with Crippen LogP contribution in [0.5, 0.6) is 0 Å². The third-order valence-electron chi connectivity index (χ3n) is 3.27. The third-order valence-corrected chi connectivity index (χ3v) is 3.27. The van der Waals surface area contributed by atoms with Crippen LogP contribution in [-0.2, 0) is 9.53 Å². The van der Waals surface area contributed by atoms with Gasteiger partial charge in [0.05, 0.1) is 12.7 Å². The van der Waals surface area contributed by atoms with Crippen molar-refractivity contribution in [2.75, 3.05) is 7.11 Å². The Morgan fingerprint density at radius 3 is 2.33 bits per heavy atom. The number of amides is 2. The van der Waals surface area contributed by atoms with Gasteiger partial charge in [0.15, 0.2) is 5.78 Å². The van der Waals surface area contributed by atoms with Crippen molar-refractivity contribution in [3.63, 3.8) is 0 Å². The van der Waals surface area contributed by atoms with E-state index in [-0.39, 0.29) is 11.4 Å². The minimum absolute atomic E-state index is 0.114. The molecular formula is C15H16N2O4. The Kier molecular flexibility index (Phi) is 4.07. The van der Waals surface area contributed by atoms with E-state index in [1.807, 2.05) is 6.92 Å². The first-order valence-electron chi connectivity index (χ1n) is 6.41. The molecule has 21 heavy (non-hydrogen) atoms. The fraction of sp³-hybridized carbons (Fsp3) is 0.267. The van der Waals surface area contributed by atoms with Crippen molar-refractivity contribution in [1.29, 1.82) is 0 Å². The van der Waals surface area contributed by atoms with Crippen LogP contribution in [0.2, 0.25) is 0 Å². The molecule has 0 saturated heterocycles. The number of allylic oxidation sites excluding steroid dienone is 1. The molecule has 2 rings (SSSR count). The number of Topliss-reactive ketones (excluding diaryl/α,β-unsaturated/α-hetero) is 1. The van der Waals surface area contributed by atoms with Gasteiger partial charge in [-0.05, 0) is 13.8 Å². The molecule has 0 radical (unpaired) electrons. The molecule has 1 aromatic rings. The van der Waals surface area contributed by atoms with E-state index in [0.29, 0.717) is 11.3 Å². The minimum atomic E-state index is -1.05. The van der Waals surface area contributed by atoms with E-state index < -0.39 is 18.0 Å². The first-order chi connectivity index (χ1) is 9.93. The van der Waals surface area contributed by atoms with Gasteiger partial charge in [-0.3, -0.25) is 4.79 Å². The molecule has 0 aliphatic carbocycles. The summed E-state index contributed by atoms with van der Waals surface area (Å²) in [7, 11) is 1.23. The summed E-state index contributed by atoms with van der Waals surface area (Å²) >= 11 is 0. The van der Waals surface area contributed by atoms with Crippen LogP contribution in [0.4, 0.5) is 4.79 Å². The van der Waals surface area contributed by atoms with Crippen LogP contribution < -0.4 is 10.6 Å². The number of methoxy groups -OCH3 is 1. The highest BCUT2D eigenvalue weighted by Crippen LogP contribution is 2.18. The number of urea groups is 1. The highest BCUT2D eigenvalue weighted by Gasteiger charge is 2.35. The summed E-state index contributed by atoms with van der Waals surface area (Å²) < 4.78 is 4.69. The number of esters is 1. The summed E-state index contributed by atoms with van der Waals surface area (Å²) in [6.45, 7) is 3.46. The average molecular weight is 288 g/mol. The first kappa shape index (κ1) is 14.8. The molecule has 0 fully saturated rings. The quantitative estimate of drug-likeness (QED) is 0.648. The predicted molar refractivity (Wildman–Crippen MR) is 75.7 cm³/mol. The van der Waals surface area contributed by atoms with Gasteiger partial charge in [-0.15, -0.1) is 0 Å². The van der Waals surface area contributed by atoms with Gasteiger partial charge in [-0.25, -0.2) is 9.59 Å². The molecule has 6 nitrogen and oxygen atoms in total. The second kappa shape index (κ2) is 5.78. The highest BCUT2D eigenvalue weighted by atomic mass is 16.5. The lowest BCUT2D eigenvalue weighted by Crippen LogP contribution is -2.53. The van der Waals surface area contributed by atoms with Crippen LogP contribution >= 0.6 is 0 Å². The van der Waals surface area contributed by atoms with Gasteiger partial charge in [0.2, 0.25) is 0 Å². The van der Waals surface area contributed by atoms with E-state index in [2.05, 4.69) is 10.6 Å². The summed E-state index contributed by atoms with van der Waals surface area (Å²) in [5, 5.41) is 4.93. The molecule has 0 bridgehead atoms. The molecule has 110 valence electrons. The second-order valence-electron chi connectivity index (χ2n) is 4.79. The van der Waals surface area contributed by atoms with Crippen LogP contribution in [0.15, 0.2) is 35.5 Å². The van der Waals surface area contributed by atoms with Crippen LogP contribution in [-0.4, -0.2) is 30.9 Å². The van der Waals surface area contributed by atoms with Crippen molar-refractivity contribution in [2.24, 2.45) is 0 Å². The van der Waals surface area contributed by atoms with Crippen molar-refractivity contribution in [2.45, 2.75) is 19.9 Å². The largest absolute Gasteiger partial charge is 0.466 e. The predicted octanol–water partition coefficient (Wildman–Crippen LogP) is 1.31. The van der Waals surface area contributed by atoms with Crippen molar-refractivity contribution < 1.29 is 19.1 Å². The normalized spacial score (nSPS) is 17.9. The van der Waals surface area contributed by atoms with Gasteiger partial charge in [0.1, 0.15) is 6.04 Å². The molecule has 0 spiro atoms. The average Bonchev–Trinajstić information content (AvgIpc) is 2.45. The van der Waals surface area contributed by atoms with E-state index in [4.69, 9.17) is 4.74 Å². The Bertz CT molecular complexity index is 632. The number of rotatable bonds is 3. The van der Waals surface area contributed by atoms with Crippen LogP contribution in [0.25, 0.3) is 0 Å². The fourth-order valence-corrected chi connectivity index (χ4v) is 2.16. The van der Waals surface area contributed by atoms with Crippen molar-refractivity contribution >= 4 is 17.8 Å². The number of carbonyl (C=O) groups is 3. The molecule has 1 atom stereocenters. The molecule has 1 unspecified atom stereocenters. The van der Waals surface area contributed by atoms with Crippen LogP contribution in [0, 0.1) is 6.92 Å². The van der Waals surface area contributed by atoms with E-state index in [1.165, 1.54) is 7.11 Å². The van der Waals surface area contributed by atoms with E-state index in [0.717, 1.165) is 5.56 Å². The highest BCUT2D eigenvalue weighted by molar-refractivity contribution is 6.10. The maximum atomic E-state index is 12.5. The van der Waals surface area contributed by atoms with E-state index in [9.17, 15) is 14.4 Å². The third kappa shape index (κ3) is 2.94. The molecule has 2 N–H and O–H groups in total. The Labute approximate surface area is 122 Å². The van der Waals surface area contributed by atoms with Gasteiger partial charge in [0, 0.05) is 11.3 Å². The molecule has 1 aromatic carbocycles. The molecule has 0 saturated carbocycles. The fourth-order valence-electron chi connectivity index (χ4n) is 2.16. The number of hydrogen-bond donors (Lipinski definition) is 2. The van der Waals surface area contributed by atoms with Crippen molar-refractivity contribution in [3.05, 3.63) is 46.7 Å². The van der Waals surface area contributed by atoms with Crippen molar-refractivity contribution in [3.8, 4) is 0 Å². The molecule has 2 amide bonds. The molecule has 0 aromatic heterocycles. The number of carbonyl (C=O) groups excluding carboxylic acids is 3. The lowest BCUT2D eigenvalue weighted by Gasteiger charge is -2.26. The maximum Gasteiger partial charge on any atom is 0.338 e. The van der Waals surface area contributed by atoms with E-state index >= 15 is 0 Å². The lowest BCUT2D eigenvalue weighted by molar-refractivity contribution is -0.136. The van der Waals surface area contributed by atoms with Gasteiger partial charge in [0.25, 0.3) is 0 Å². The first-order valence-corrected chi connectivity index (χ1v) is 6.41. The topological polar surface area (TPSA) is 84.5 Å². The number of ether oxygens (including phenoxy) is 1. The molecule has 6 heteroatoms. The van der Waals surface area contributed by atoms with Gasteiger partial charge < -0.3 is 15.4 Å². The standard InChI is InChI=1S/C15H16N2O4/c1-8-4-6-10(7-5-8)13(18)12-11(14(19)21-3)9(2)16-15(20)17-12/h4-7,12H,1-3H3,(H2,16,17,20). The monoisotopic (exact) mass is 288 g/mol. The summed E-state index contributed by atoms with van der Waals surface area (Å²) in [4.78, 5) is 36.0. The Balaban J connectivity index is 2.41. The van der Waals surface area contributed by atoms with E-state index in [1.54, 1.807) is 31.2 Å². The van der Waals surface area contributed by atoms with Crippen molar-refractivity contribution in [1.82, 2.24) is 10.6 Å². The van der Waals surface area contributed by atoms with Crippen LogP contribution in [0.1, 0.15) is 22.8 Å².